The van der Waals surface area contributed by atoms with Gasteiger partial charge in [0.05, 0.1) is 5.69 Å². The molecular formula is C11H12N2O. The van der Waals surface area contributed by atoms with Crippen LogP contribution in [0.15, 0.2) is 28.7 Å². The average molecular weight is 188 g/mol. The van der Waals surface area contributed by atoms with E-state index in [9.17, 15) is 0 Å². The number of benzene rings is 1. The van der Waals surface area contributed by atoms with Crippen molar-refractivity contribution in [2.45, 2.75) is 13.8 Å². The molecule has 0 aliphatic rings. The number of hydrogen-bond donors (Lipinski definition) is 1. The van der Waals surface area contributed by atoms with Crippen LogP contribution in [0.4, 0.5) is 6.01 Å². The summed E-state index contributed by atoms with van der Waals surface area (Å²) in [5, 5.41) is 0. The Hall–Kier alpha value is -1.77. The van der Waals surface area contributed by atoms with Gasteiger partial charge in [-0.1, -0.05) is 23.8 Å². The van der Waals surface area contributed by atoms with Crippen molar-refractivity contribution < 1.29 is 4.42 Å². The molecule has 3 heteroatoms. The molecule has 0 unspecified atom stereocenters. The first-order valence-corrected chi connectivity index (χ1v) is 4.47. The van der Waals surface area contributed by atoms with Gasteiger partial charge in [0.25, 0.3) is 6.01 Å². The summed E-state index contributed by atoms with van der Waals surface area (Å²) in [7, 11) is 0. The van der Waals surface area contributed by atoms with Gasteiger partial charge in [0.15, 0.2) is 5.76 Å². The summed E-state index contributed by atoms with van der Waals surface area (Å²) in [5.41, 5.74) is 8.52. The van der Waals surface area contributed by atoms with Gasteiger partial charge in [0, 0.05) is 5.56 Å². The van der Waals surface area contributed by atoms with Crippen LogP contribution in [0.5, 0.6) is 0 Å². The molecule has 0 amide bonds. The maximum Gasteiger partial charge on any atom is 0.292 e. The highest BCUT2D eigenvalue weighted by molar-refractivity contribution is 5.61. The third kappa shape index (κ3) is 1.48. The van der Waals surface area contributed by atoms with E-state index in [1.54, 1.807) is 0 Å². The van der Waals surface area contributed by atoms with Gasteiger partial charge in [0.1, 0.15) is 0 Å². The van der Waals surface area contributed by atoms with Crippen molar-refractivity contribution in [1.82, 2.24) is 4.98 Å². The van der Waals surface area contributed by atoms with Crippen LogP contribution in [-0.2, 0) is 0 Å². The Morgan fingerprint density at radius 1 is 1.29 bits per heavy atom. The fourth-order valence-electron chi connectivity index (χ4n) is 1.47. The van der Waals surface area contributed by atoms with Gasteiger partial charge >= 0.3 is 0 Å². The van der Waals surface area contributed by atoms with Crippen LogP contribution in [0.25, 0.3) is 11.3 Å². The number of nitrogen functional groups attached to an aromatic ring is 1. The smallest absolute Gasteiger partial charge is 0.292 e. The van der Waals surface area contributed by atoms with E-state index in [0.29, 0.717) is 0 Å². The van der Waals surface area contributed by atoms with Crippen molar-refractivity contribution in [3.63, 3.8) is 0 Å². The van der Waals surface area contributed by atoms with E-state index >= 15 is 0 Å². The van der Waals surface area contributed by atoms with Crippen LogP contribution in [0.3, 0.4) is 0 Å². The summed E-state index contributed by atoms with van der Waals surface area (Å²) in [4.78, 5) is 4.03. The summed E-state index contributed by atoms with van der Waals surface area (Å²) in [6.45, 7) is 3.93. The minimum atomic E-state index is 0.221. The van der Waals surface area contributed by atoms with Crippen molar-refractivity contribution in [1.29, 1.82) is 0 Å². The van der Waals surface area contributed by atoms with Crippen molar-refractivity contribution in [2.75, 3.05) is 5.73 Å². The Morgan fingerprint density at radius 3 is 2.64 bits per heavy atom. The van der Waals surface area contributed by atoms with Gasteiger partial charge in [-0.05, 0) is 19.9 Å². The van der Waals surface area contributed by atoms with E-state index in [1.165, 1.54) is 5.56 Å². The number of aromatic nitrogens is 1. The highest BCUT2D eigenvalue weighted by Crippen LogP contribution is 2.25. The number of rotatable bonds is 1. The van der Waals surface area contributed by atoms with Crippen molar-refractivity contribution >= 4 is 6.01 Å². The van der Waals surface area contributed by atoms with Crippen LogP contribution in [0.2, 0.25) is 0 Å². The van der Waals surface area contributed by atoms with Crippen molar-refractivity contribution in [2.24, 2.45) is 0 Å². The zero-order chi connectivity index (χ0) is 10.1. The maximum atomic E-state index is 5.48. The molecule has 14 heavy (non-hydrogen) atoms. The summed E-state index contributed by atoms with van der Waals surface area (Å²) < 4.78 is 5.32. The zero-order valence-corrected chi connectivity index (χ0v) is 8.24. The Balaban J connectivity index is 2.54. The van der Waals surface area contributed by atoms with Crippen LogP contribution in [0.1, 0.15) is 11.3 Å². The minimum absolute atomic E-state index is 0.221. The molecule has 0 saturated carbocycles. The first kappa shape index (κ1) is 8.81. The van der Waals surface area contributed by atoms with Crippen LogP contribution < -0.4 is 5.73 Å². The van der Waals surface area contributed by atoms with Gasteiger partial charge < -0.3 is 10.2 Å². The van der Waals surface area contributed by atoms with Crippen molar-refractivity contribution in [3.8, 4) is 11.3 Å². The number of oxazole rings is 1. The Kier molecular flexibility index (Phi) is 2.00. The summed E-state index contributed by atoms with van der Waals surface area (Å²) >= 11 is 0. The van der Waals surface area contributed by atoms with E-state index < -0.39 is 0 Å². The van der Waals surface area contributed by atoms with E-state index in [-0.39, 0.29) is 6.01 Å². The fraction of sp³-hybridized carbons (Fsp3) is 0.182. The molecule has 1 aromatic heterocycles. The molecule has 0 atom stereocenters. The van der Waals surface area contributed by atoms with Crippen molar-refractivity contribution in [3.05, 3.63) is 35.5 Å². The molecule has 2 rings (SSSR count). The molecule has 3 nitrogen and oxygen atoms in total. The second kappa shape index (κ2) is 3.18. The van der Waals surface area contributed by atoms with Crippen LogP contribution in [-0.4, -0.2) is 4.98 Å². The second-order valence-corrected chi connectivity index (χ2v) is 3.34. The molecule has 0 fully saturated rings. The van der Waals surface area contributed by atoms with Crippen LogP contribution >= 0.6 is 0 Å². The minimum Gasteiger partial charge on any atom is -0.423 e. The first-order chi connectivity index (χ1) is 6.66. The largest absolute Gasteiger partial charge is 0.423 e. The van der Waals surface area contributed by atoms with Gasteiger partial charge in [-0.25, -0.2) is 0 Å². The first-order valence-electron chi connectivity index (χ1n) is 4.47. The highest BCUT2D eigenvalue weighted by atomic mass is 16.4. The van der Waals surface area contributed by atoms with Gasteiger partial charge in [-0.2, -0.15) is 4.98 Å². The molecule has 1 aromatic carbocycles. The lowest BCUT2D eigenvalue weighted by Crippen LogP contribution is -1.81. The van der Waals surface area contributed by atoms with E-state index in [1.807, 2.05) is 38.1 Å². The Bertz CT molecular complexity index is 460. The van der Waals surface area contributed by atoms with E-state index in [0.717, 1.165) is 17.0 Å². The average Bonchev–Trinajstić information content (AvgIpc) is 2.45. The highest BCUT2D eigenvalue weighted by Gasteiger charge is 2.09. The number of nitrogens with zero attached hydrogens (tertiary/aromatic N) is 1. The quantitative estimate of drug-likeness (QED) is 0.748. The molecule has 2 aromatic rings. The van der Waals surface area contributed by atoms with E-state index in [4.69, 9.17) is 10.2 Å². The molecule has 2 N–H and O–H groups in total. The monoisotopic (exact) mass is 188 g/mol. The van der Waals surface area contributed by atoms with Gasteiger partial charge in [0.2, 0.25) is 0 Å². The summed E-state index contributed by atoms with van der Waals surface area (Å²) in [6.07, 6.45) is 0. The number of nitrogens with two attached hydrogens (primary N) is 1. The second-order valence-electron chi connectivity index (χ2n) is 3.34. The molecule has 72 valence electrons. The summed E-state index contributed by atoms with van der Waals surface area (Å²) in [5.74, 6) is 0.756. The predicted octanol–water partition coefficient (Wildman–Crippen LogP) is 2.54. The fourth-order valence-corrected chi connectivity index (χ4v) is 1.47. The third-order valence-electron chi connectivity index (χ3n) is 2.09. The SMILES string of the molecule is Cc1cccc(-c2oc(N)nc2C)c1. The van der Waals surface area contributed by atoms with Crippen LogP contribution in [0, 0.1) is 13.8 Å². The number of anilines is 1. The lowest BCUT2D eigenvalue weighted by atomic mass is 10.1. The summed E-state index contributed by atoms with van der Waals surface area (Å²) in [6, 6.07) is 8.29. The molecule has 0 aliphatic carbocycles. The Morgan fingerprint density at radius 2 is 2.07 bits per heavy atom. The maximum absolute atomic E-state index is 5.48. The molecule has 0 saturated heterocycles. The lowest BCUT2D eigenvalue weighted by molar-refractivity contribution is 0.594. The molecule has 0 radical (unpaired) electrons. The zero-order valence-electron chi connectivity index (χ0n) is 8.24. The lowest BCUT2D eigenvalue weighted by Gasteiger charge is -1.98. The van der Waals surface area contributed by atoms with E-state index in [2.05, 4.69) is 4.98 Å². The molecular weight excluding hydrogens is 176 g/mol. The molecule has 0 aliphatic heterocycles. The third-order valence-corrected chi connectivity index (χ3v) is 2.09. The van der Waals surface area contributed by atoms with Gasteiger partial charge in [-0.3, -0.25) is 0 Å². The predicted molar refractivity (Wildman–Crippen MR) is 55.8 cm³/mol. The standard InChI is InChI=1S/C11H12N2O/c1-7-4-3-5-9(6-7)10-8(2)13-11(12)14-10/h3-6H,1-2H3,(H2,12,13). The molecule has 0 spiro atoms. The normalized spacial score (nSPS) is 10.4. The number of aryl methyl sites for hydroxylation is 2. The number of hydrogen-bond acceptors (Lipinski definition) is 3. The molecule has 0 bridgehead atoms. The molecule has 1 heterocycles. The Labute approximate surface area is 82.6 Å². The van der Waals surface area contributed by atoms with Gasteiger partial charge in [-0.15, -0.1) is 0 Å². The topological polar surface area (TPSA) is 52.0 Å².